The average Bonchev–Trinajstić information content (AvgIpc) is 3.54. The average molecular weight is 627 g/mol. The third kappa shape index (κ3) is 7.52. The molecule has 230 valence electrons. The number of H-pyrrole nitrogens is 1. The Morgan fingerprint density at radius 3 is 2.60 bits per heavy atom. The van der Waals surface area contributed by atoms with Gasteiger partial charge in [-0.2, -0.15) is 5.10 Å². The van der Waals surface area contributed by atoms with E-state index >= 15 is 0 Å². The molecule has 3 aromatic carbocycles. The number of nitrogens with zero attached hydrogens (tertiary/aromatic N) is 3. The van der Waals surface area contributed by atoms with Gasteiger partial charge in [-0.25, -0.2) is 17.8 Å². The SMILES string of the molecule is Cc1nc2cc(CS(=O)(=O)c3ccc(C(=O)NCCCc4cn[nH]c4)cc3C#Cc3ccc(F)cc3)ccc2c(=O)n1CCN. The van der Waals surface area contributed by atoms with Crippen molar-refractivity contribution in [2.45, 2.75) is 37.0 Å². The lowest BCUT2D eigenvalue weighted by Crippen LogP contribution is -2.27. The second-order valence-corrected chi connectivity index (χ2v) is 12.4. The molecule has 2 aromatic heterocycles. The number of benzene rings is 3. The Bertz CT molecular complexity index is 2080. The number of hydrogen-bond acceptors (Lipinski definition) is 7. The van der Waals surface area contributed by atoms with Gasteiger partial charge in [0.25, 0.3) is 11.5 Å². The van der Waals surface area contributed by atoms with E-state index in [0.717, 1.165) is 12.0 Å². The Morgan fingerprint density at radius 2 is 1.87 bits per heavy atom. The van der Waals surface area contributed by atoms with E-state index in [2.05, 4.69) is 32.3 Å². The van der Waals surface area contributed by atoms with Crippen molar-refractivity contribution in [3.63, 3.8) is 0 Å². The Morgan fingerprint density at radius 1 is 1.07 bits per heavy atom. The fourth-order valence-electron chi connectivity index (χ4n) is 4.88. The van der Waals surface area contributed by atoms with Gasteiger partial charge in [-0.15, -0.1) is 0 Å². The first-order valence-corrected chi connectivity index (χ1v) is 15.9. The lowest BCUT2D eigenvalue weighted by atomic mass is 10.1. The van der Waals surface area contributed by atoms with Crippen molar-refractivity contribution < 1.29 is 17.6 Å². The fraction of sp³-hybridized carbons (Fsp3) is 0.212. The molecule has 0 atom stereocenters. The number of aromatic nitrogens is 4. The molecule has 0 unspecified atom stereocenters. The summed E-state index contributed by atoms with van der Waals surface area (Å²) in [6.07, 6.45) is 4.94. The number of nitrogens with two attached hydrogens (primary N) is 1. The summed E-state index contributed by atoms with van der Waals surface area (Å²) in [7, 11) is -3.98. The van der Waals surface area contributed by atoms with Crippen LogP contribution in [-0.4, -0.2) is 47.2 Å². The number of rotatable bonds is 10. The third-order valence-electron chi connectivity index (χ3n) is 7.17. The first kappa shape index (κ1) is 31.3. The Hall–Kier alpha value is -5.12. The smallest absolute Gasteiger partial charge is 0.261 e. The summed E-state index contributed by atoms with van der Waals surface area (Å²) in [5.74, 6) is 5.05. The van der Waals surface area contributed by atoms with Crippen LogP contribution in [0.4, 0.5) is 4.39 Å². The van der Waals surface area contributed by atoms with Crippen LogP contribution in [0.15, 0.2) is 82.7 Å². The Kier molecular flexibility index (Phi) is 9.51. The molecule has 0 spiro atoms. The molecule has 0 saturated heterocycles. The summed E-state index contributed by atoms with van der Waals surface area (Å²) in [6, 6.07) is 14.5. The quantitative estimate of drug-likeness (QED) is 0.159. The number of carbonyl (C=O) groups is 1. The molecule has 4 N–H and O–H groups in total. The van der Waals surface area contributed by atoms with E-state index in [1.165, 1.54) is 47.0 Å². The summed E-state index contributed by atoms with van der Waals surface area (Å²) < 4.78 is 42.4. The van der Waals surface area contributed by atoms with E-state index in [0.29, 0.717) is 47.4 Å². The van der Waals surface area contributed by atoms with Crippen molar-refractivity contribution in [3.8, 4) is 11.8 Å². The molecule has 5 aromatic rings. The largest absolute Gasteiger partial charge is 0.352 e. The summed E-state index contributed by atoms with van der Waals surface area (Å²) in [4.78, 5) is 30.3. The summed E-state index contributed by atoms with van der Waals surface area (Å²) >= 11 is 0. The van der Waals surface area contributed by atoms with Gasteiger partial charge in [0.15, 0.2) is 9.84 Å². The van der Waals surface area contributed by atoms with Gasteiger partial charge in [-0.3, -0.25) is 19.3 Å². The van der Waals surface area contributed by atoms with Crippen LogP contribution in [0, 0.1) is 24.6 Å². The monoisotopic (exact) mass is 626 g/mol. The highest BCUT2D eigenvalue weighted by Gasteiger charge is 2.21. The van der Waals surface area contributed by atoms with Crippen molar-refractivity contribution in [3.05, 3.63) is 123 Å². The number of carbonyl (C=O) groups excluding carboxylic acids is 1. The maximum atomic E-state index is 13.8. The second-order valence-electron chi connectivity index (χ2n) is 10.4. The lowest BCUT2D eigenvalue weighted by molar-refractivity contribution is 0.0953. The number of fused-ring (bicyclic) bond motifs is 1. The van der Waals surface area contributed by atoms with E-state index in [1.807, 2.05) is 0 Å². The van der Waals surface area contributed by atoms with Gasteiger partial charge in [-0.05, 0) is 85.5 Å². The van der Waals surface area contributed by atoms with Crippen LogP contribution in [0.1, 0.15) is 44.9 Å². The van der Waals surface area contributed by atoms with E-state index in [-0.39, 0.29) is 39.8 Å². The maximum Gasteiger partial charge on any atom is 0.261 e. The van der Waals surface area contributed by atoms with E-state index in [1.54, 1.807) is 37.5 Å². The summed E-state index contributed by atoms with van der Waals surface area (Å²) in [5, 5.41) is 9.87. The molecule has 10 nitrogen and oxygen atoms in total. The molecule has 0 aliphatic rings. The maximum absolute atomic E-state index is 13.8. The van der Waals surface area contributed by atoms with Gasteiger partial charge in [0.2, 0.25) is 0 Å². The number of aromatic amines is 1. The van der Waals surface area contributed by atoms with Gasteiger partial charge < -0.3 is 11.1 Å². The number of aryl methyl sites for hydroxylation is 2. The highest BCUT2D eigenvalue weighted by molar-refractivity contribution is 7.90. The standard InChI is InChI=1S/C33H31FN6O4S/c1-22-39-30-17-24(7-12-29(30)33(42)40(22)16-14-35)21-45(43,44)31-13-9-27(32(41)36-15-2-3-25-19-37-38-20-25)18-26(31)8-4-23-5-10-28(34)11-6-23/h5-7,9-13,17-20H,2-3,14-16,21,35H2,1H3,(H,36,41)(H,37,38). The van der Waals surface area contributed by atoms with Gasteiger partial charge in [0, 0.05) is 42.5 Å². The second kappa shape index (κ2) is 13.7. The molecule has 5 rings (SSSR count). The lowest BCUT2D eigenvalue weighted by Gasteiger charge is -2.12. The summed E-state index contributed by atoms with van der Waals surface area (Å²) in [6.45, 7) is 2.71. The molecule has 0 saturated carbocycles. The molecule has 12 heteroatoms. The zero-order chi connectivity index (χ0) is 32.0. The van der Waals surface area contributed by atoms with Crippen LogP contribution in [-0.2, 0) is 28.6 Å². The van der Waals surface area contributed by atoms with Crippen LogP contribution >= 0.6 is 0 Å². The van der Waals surface area contributed by atoms with Crippen molar-refractivity contribution in [1.82, 2.24) is 25.1 Å². The van der Waals surface area contributed by atoms with Gasteiger partial charge >= 0.3 is 0 Å². The first-order valence-electron chi connectivity index (χ1n) is 14.2. The van der Waals surface area contributed by atoms with Gasteiger partial charge in [-0.1, -0.05) is 17.9 Å². The van der Waals surface area contributed by atoms with Gasteiger partial charge in [0.1, 0.15) is 11.6 Å². The Balaban J connectivity index is 1.44. The van der Waals surface area contributed by atoms with Crippen LogP contribution in [0.3, 0.4) is 0 Å². The van der Waals surface area contributed by atoms with Crippen molar-refractivity contribution in [2.75, 3.05) is 13.1 Å². The molecular weight excluding hydrogens is 595 g/mol. The first-order chi connectivity index (χ1) is 21.6. The van der Waals surface area contributed by atoms with Crippen LogP contribution in [0.25, 0.3) is 10.9 Å². The highest BCUT2D eigenvalue weighted by atomic mass is 32.2. The minimum absolute atomic E-state index is 0.0591. The van der Waals surface area contributed by atoms with E-state index < -0.39 is 15.7 Å². The molecule has 0 aliphatic heterocycles. The molecule has 45 heavy (non-hydrogen) atoms. The number of nitrogens with one attached hydrogen (secondary N) is 2. The zero-order valence-corrected chi connectivity index (χ0v) is 25.3. The zero-order valence-electron chi connectivity index (χ0n) is 24.5. The minimum Gasteiger partial charge on any atom is -0.352 e. The number of amides is 1. The van der Waals surface area contributed by atoms with Crippen LogP contribution < -0.4 is 16.6 Å². The molecule has 0 radical (unpaired) electrons. The van der Waals surface area contributed by atoms with E-state index in [4.69, 9.17) is 5.73 Å². The normalized spacial score (nSPS) is 11.3. The van der Waals surface area contributed by atoms with Crippen molar-refractivity contribution in [2.24, 2.45) is 5.73 Å². The highest BCUT2D eigenvalue weighted by Crippen LogP contribution is 2.23. The van der Waals surface area contributed by atoms with Crippen LogP contribution in [0.5, 0.6) is 0 Å². The van der Waals surface area contributed by atoms with Crippen LogP contribution in [0.2, 0.25) is 0 Å². The Labute approximate surface area is 259 Å². The minimum atomic E-state index is -3.98. The number of hydrogen-bond donors (Lipinski definition) is 3. The third-order valence-corrected chi connectivity index (χ3v) is 8.90. The van der Waals surface area contributed by atoms with Crippen molar-refractivity contribution in [1.29, 1.82) is 0 Å². The summed E-state index contributed by atoms with van der Waals surface area (Å²) in [5.41, 5.74) is 8.08. The number of halogens is 1. The predicted molar refractivity (Wildman–Crippen MR) is 169 cm³/mol. The molecule has 0 bridgehead atoms. The molecule has 1 amide bonds. The molecule has 2 heterocycles. The molecular formula is C33H31FN6O4S. The van der Waals surface area contributed by atoms with Gasteiger partial charge in [0.05, 0.1) is 27.7 Å². The number of sulfone groups is 1. The topological polar surface area (TPSA) is 153 Å². The van der Waals surface area contributed by atoms with E-state index in [9.17, 15) is 22.4 Å². The molecule has 0 aliphatic carbocycles. The fourth-order valence-corrected chi connectivity index (χ4v) is 6.37. The predicted octanol–water partition coefficient (Wildman–Crippen LogP) is 3.26. The van der Waals surface area contributed by atoms with Crippen molar-refractivity contribution >= 4 is 26.6 Å². The molecule has 0 fully saturated rings.